The minimum absolute atomic E-state index is 0.459. The van der Waals surface area contributed by atoms with Gasteiger partial charge >= 0.3 is 6.09 Å². The van der Waals surface area contributed by atoms with Crippen LogP contribution in [0.25, 0.3) is 11.0 Å². The fourth-order valence-corrected chi connectivity index (χ4v) is 1.97. The lowest BCUT2D eigenvalue weighted by Gasteiger charge is -2.19. The second kappa shape index (κ2) is 4.97. The molecule has 5 nitrogen and oxygen atoms in total. The summed E-state index contributed by atoms with van der Waals surface area (Å²) >= 11 is 0. The summed E-state index contributed by atoms with van der Waals surface area (Å²) in [6.07, 6.45) is 3.48. The molecule has 0 bridgehead atoms. The smallest absolute Gasteiger partial charge is 0.420 e. The van der Waals surface area contributed by atoms with Crippen LogP contribution in [0, 0.1) is 11.3 Å². The first kappa shape index (κ1) is 14.1. The molecule has 2 heterocycles. The molecule has 2 rings (SSSR count). The maximum atomic E-state index is 12.2. The molecular formula is C15H17N3O2. The molecule has 0 aliphatic heterocycles. The Morgan fingerprint density at radius 3 is 2.75 bits per heavy atom. The SMILES string of the molecule is CCc1cn(C(=O)OC(C)(C)C)c2ncc(C#N)cc12. The van der Waals surface area contributed by atoms with Crippen LogP contribution in [0.2, 0.25) is 0 Å². The Morgan fingerprint density at radius 2 is 2.20 bits per heavy atom. The van der Waals surface area contributed by atoms with E-state index in [2.05, 4.69) is 11.1 Å². The highest BCUT2D eigenvalue weighted by Crippen LogP contribution is 2.22. The quantitative estimate of drug-likeness (QED) is 0.798. The summed E-state index contributed by atoms with van der Waals surface area (Å²) < 4.78 is 6.77. The van der Waals surface area contributed by atoms with Crippen LogP contribution in [-0.2, 0) is 11.2 Å². The van der Waals surface area contributed by atoms with Gasteiger partial charge in [0.25, 0.3) is 0 Å². The number of aryl methyl sites for hydroxylation is 1. The Hall–Kier alpha value is -2.35. The minimum Gasteiger partial charge on any atom is -0.443 e. The van der Waals surface area contributed by atoms with Crippen LogP contribution in [0.5, 0.6) is 0 Å². The van der Waals surface area contributed by atoms with Gasteiger partial charge in [-0.25, -0.2) is 14.3 Å². The van der Waals surface area contributed by atoms with E-state index >= 15 is 0 Å². The summed E-state index contributed by atoms with van der Waals surface area (Å²) in [5.74, 6) is 0. The molecule has 0 atom stereocenters. The van der Waals surface area contributed by atoms with E-state index in [1.807, 2.05) is 27.7 Å². The summed E-state index contributed by atoms with van der Waals surface area (Å²) in [6.45, 7) is 7.45. The number of hydrogen-bond donors (Lipinski definition) is 0. The first-order valence-electron chi connectivity index (χ1n) is 6.49. The van der Waals surface area contributed by atoms with Crippen molar-refractivity contribution in [2.75, 3.05) is 0 Å². The molecular weight excluding hydrogens is 254 g/mol. The van der Waals surface area contributed by atoms with Crippen molar-refractivity contribution in [1.29, 1.82) is 5.26 Å². The molecule has 0 saturated heterocycles. The van der Waals surface area contributed by atoms with Gasteiger partial charge in [-0.3, -0.25) is 0 Å². The molecule has 20 heavy (non-hydrogen) atoms. The standard InChI is InChI=1S/C15H17N3O2/c1-5-11-9-18(14(19)20-15(2,3)4)13-12(11)6-10(7-16)8-17-13/h6,8-9H,5H2,1-4H3. The highest BCUT2D eigenvalue weighted by molar-refractivity contribution is 5.90. The van der Waals surface area contributed by atoms with Gasteiger partial charge < -0.3 is 4.74 Å². The first-order valence-corrected chi connectivity index (χ1v) is 6.49. The topological polar surface area (TPSA) is 67.9 Å². The zero-order valence-corrected chi connectivity index (χ0v) is 12.1. The lowest BCUT2D eigenvalue weighted by molar-refractivity contribution is 0.0543. The Kier molecular flexibility index (Phi) is 3.49. The average Bonchev–Trinajstić information content (AvgIpc) is 2.74. The number of ether oxygens (including phenoxy) is 1. The normalized spacial score (nSPS) is 11.3. The third kappa shape index (κ3) is 2.64. The third-order valence-corrected chi connectivity index (χ3v) is 2.83. The zero-order chi connectivity index (χ0) is 14.9. The van der Waals surface area contributed by atoms with Gasteiger partial charge in [0.2, 0.25) is 0 Å². The second-order valence-electron chi connectivity index (χ2n) is 5.57. The predicted molar refractivity (Wildman–Crippen MR) is 75.5 cm³/mol. The van der Waals surface area contributed by atoms with Gasteiger partial charge in [0.15, 0.2) is 0 Å². The molecule has 0 fully saturated rings. The van der Waals surface area contributed by atoms with Crippen LogP contribution in [0.15, 0.2) is 18.5 Å². The first-order chi connectivity index (χ1) is 9.35. The largest absolute Gasteiger partial charge is 0.443 e. The maximum Gasteiger partial charge on any atom is 0.420 e. The molecule has 104 valence electrons. The molecule has 2 aromatic heterocycles. The Morgan fingerprint density at radius 1 is 1.50 bits per heavy atom. The molecule has 0 aliphatic carbocycles. The van der Waals surface area contributed by atoms with Crippen LogP contribution in [0.3, 0.4) is 0 Å². The van der Waals surface area contributed by atoms with Crippen LogP contribution in [0.1, 0.15) is 38.8 Å². The molecule has 0 aromatic carbocycles. The molecule has 0 spiro atoms. The van der Waals surface area contributed by atoms with Crippen LogP contribution in [-0.4, -0.2) is 21.2 Å². The fourth-order valence-electron chi connectivity index (χ4n) is 1.97. The highest BCUT2D eigenvalue weighted by atomic mass is 16.6. The molecule has 5 heteroatoms. The summed E-state index contributed by atoms with van der Waals surface area (Å²) in [4.78, 5) is 16.4. The number of rotatable bonds is 1. The van der Waals surface area contributed by atoms with E-state index in [0.717, 1.165) is 17.4 Å². The number of nitrogens with zero attached hydrogens (tertiary/aromatic N) is 3. The summed E-state index contributed by atoms with van der Waals surface area (Å²) in [6, 6.07) is 3.81. The second-order valence-corrected chi connectivity index (χ2v) is 5.57. The Balaban J connectivity index is 2.55. The lowest BCUT2D eigenvalue weighted by Crippen LogP contribution is -2.26. The number of fused-ring (bicyclic) bond motifs is 1. The Bertz CT molecular complexity index is 702. The van der Waals surface area contributed by atoms with E-state index in [-0.39, 0.29) is 0 Å². The Labute approximate surface area is 117 Å². The van der Waals surface area contributed by atoms with Gasteiger partial charge in [-0.2, -0.15) is 5.26 Å². The zero-order valence-electron chi connectivity index (χ0n) is 12.1. The van der Waals surface area contributed by atoms with Crippen molar-refractivity contribution in [3.8, 4) is 6.07 Å². The van der Waals surface area contributed by atoms with E-state index in [0.29, 0.717) is 11.2 Å². The molecule has 2 aromatic rings. The number of carbonyl (C=O) groups is 1. The molecule has 0 radical (unpaired) electrons. The van der Waals surface area contributed by atoms with Crippen LogP contribution < -0.4 is 0 Å². The molecule has 0 N–H and O–H groups in total. The van der Waals surface area contributed by atoms with Crippen molar-refractivity contribution in [1.82, 2.24) is 9.55 Å². The monoisotopic (exact) mass is 271 g/mol. The maximum absolute atomic E-state index is 12.2. The number of aromatic nitrogens is 2. The minimum atomic E-state index is -0.563. The number of hydrogen-bond acceptors (Lipinski definition) is 4. The van der Waals surface area contributed by atoms with Gasteiger partial charge in [0.1, 0.15) is 17.3 Å². The van der Waals surface area contributed by atoms with E-state index in [4.69, 9.17) is 10.00 Å². The van der Waals surface area contributed by atoms with E-state index in [1.165, 1.54) is 10.8 Å². The molecule has 0 amide bonds. The van der Waals surface area contributed by atoms with Gasteiger partial charge in [-0.1, -0.05) is 6.92 Å². The predicted octanol–water partition coefficient (Wildman–Crippen LogP) is 3.25. The van der Waals surface area contributed by atoms with Crippen molar-refractivity contribution in [3.63, 3.8) is 0 Å². The average molecular weight is 271 g/mol. The van der Waals surface area contributed by atoms with Crippen LogP contribution >= 0.6 is 0 Å². The van der Waals surface area contributed by atoms with Crippen molar-refractivity contribution in [3.05, 3.63) is 29.6 Å². The fraction of sp³-hybridized carbons (Fsp3) is 0.400. The molecule has 0 unspecified atom stereocenters. The van der Waals surface area contributed by atoms with Crippen molar-refractivity contribution >= 4 is 17.1 Å². The summed E-state index contributed by atoms with van der Waals surface area (Å²) in [5, 5.41) is 9.76. The van der Waals surface area contributed by atoms with Crippen molar-refractivity contribution in [2.24, 2.45) is 0 Å². The molecule has 0 saturated carbocycles. The van der Waals surface area contributed by atoms with Gasteiger partial charge in [0.05, 0.1) is 5.56 Å². The van der Waals surface area contributed by atoms with Gasteiger partial charge in [-0.05, 0) is 38.8 Å². The van der Waals surface area contributed by atoms with Crippen molar-refractivity contribution in [2.45, 2.75) is 39.7 Å². The van der Waals surface area contributed by atoms with Gasteiger partial charge in [-0.15, -0.1) is 0 Å². The summed E-state index contributed by atoms with van der Waals surface area (Å²) in [5.41, 5.74) is 1.41. The van der Waals surface area contributed by atoms with E-state index < -0.39 is 11.7 Å². The molecule has 0 aliphatic rings. The highest BCUT2D eigenvalue weighted by Gasteiger charge is 2.21. The number of pyridine rings is 1. The third-order valence-electron chi connectivity index (χ3n) is 2.83. The van der Waals surface area contributed by atoms with Gasteiger partial charge in [0, 0.05) is 17.8 Å². The summed E-state index contributed by atoms with van der Waals surface area (Å²) in [7, 11) is 0. The number of nitriles is 1. The van der Waals surface area contributed by atoms with E-state index in [9.17, 15) is 4.79 Å². The van der Waals surface area contributed by atoms with Crippen LogP contribution in [0.4, 0.5) is 4.79 Å². The number of carbonyl (C=O) groups excluding carboxylic acids is 1. The van der Waals surface area contributed by atoms with Crippen molar-refractivity contribution < 1.29 is 9.53 Å². The van der Waals surface area contributed by atoms with E-state index in [1.54, 1.807) is 12.3 Å². The lowest BCUT2D eigenvalue weighted by atomic mass is 10.1.